The highest BCUT2D eigenvalue weighted by Gasteiger charge is 2.24. The van der Waals surface area contributed by atoms with Crippen molar-refractivity contribution in [2.45, 2.75) is 36.6 Å². The molecule has 1 amide bonds. The molecule has 2 rings (SSSR count). The molecule has 0 aliphatic carbocycles. The molecule has 0 aliphatic rings. The number of anilines is 1. The number of nitrogens with zero attached hydrogens (tertiary/aromatic N) is 1. The predicted octanol–water partition coefficient (Wildman–Crippen LogP) is 1.57. The fourth-order valence-electron chi connectivity index (χ4n) is 2.85. The van der Waals surface area contributed by atoms with Crippen molar-refractivity contribution in [2.24, 2.45) is 0 Å². The van der Waals surface area contributed by atoms with Crippen molar-refractivity contribution >= 4 is 37.6 Å². The van der Waals surface area contributed by atoms with Crippen molar-refractivity contribution in [3.8, 4) is 0 Å². The van der Waals surface area contributed by atoms with E-state index in [4.69, 9.17) is 4.74 Å². The normalized spacial score (nSPS) is 12.8. The molecule has 180 valence electrons. The van der Waals surface area contributed by atoms with E-state index < -0.39 is 44.6 Å². The molecule has 0 heterocycles. The van der Waals surface area contributed by atoms with Crippen molar-refractivity contribution in [2.75, 3.05) is 25.0 Å². The van der Waals surface area contributed by atoms with Gasteiger partial charge in [-0.1, -0.05) is 38.1 Å². The standard InChI is InChI=1S/C21H27N3O7S2/c1-4-24(5-2)33(29,30)19-13-9-10-17(14-19)22-20(25)15-31-21(26)16(3)23-32(27,28)18-11-7-6-8-12-18/h6-14,16,23H,4-5,15H2,1-3H3,(H,22,25). The number of carbonyl (C=O) groups excluding carboxylic acids is 2. The van der Waals surface area contributed by atoms with E-state index in [0.29, 0.717) is 13.1 Å². The van der Waals surface area contributed by atoms with Gasteiger partial charge in [0.05, 0.1) is 9.79 Å². The number of sulfonamides is 2. The van der Waals surface area contributed by atoms with Crippen LogP contribution in [0.2, 0.25) is 0 Å². The Morgan fingerprint density at radius 3 is 2.15 bits per heavy atom. The van der Waals surface area contributed by atoms with E-state index in [1.54, 1.807) is 32.0 Å². The molecule has 1 atom stereocenters. The van der Waals surface area contributed by atoms with Crippen LogP contribution in [0.3, 0.4) is 0 Å². The molecular formula is C21H27N3O7S2. The Balaban J connectivity index is 1.96. The number of hydrogen-bond acceptors (Lipinski definition) is 7. The van der Waals surface area contributed by atoms with E-state index in [1.807, 2.05) is 0 Å². The largest absolute Gasteiger partial charge is 0.454 e. The molecule has 0 aromatic heterocycles. The summed E-state index contributed by atoms with van der Waals surface area (Å²) in [5.74, 6) is -1.65. The molecule has 0 bridgehead atoms. The lowest BCUT2D eigenvalue weighted by Gasteiger charge is -2.19. The minimum absolute atomic E-state index is 0.0121. The van der Waals surface area contributed by atoms with Gasteiger partial charge in [0.2, 0.25) is 20.0 Å². The summed E-state index contributed by atoms with van der Waals surface area (Å²) < 4.78 is 58.2. The minimum Gasteiger partial charge on any atom is -0.454 e. The van der Waals surface area contributed by atoms with Crippen LogP contribution in [0.25, 0.3) is 0 Å². The topological polar surface area (TPSA) is 139 Å². The first-order chi connectivity index (χ1) is 15.5. The lowest BCUT2D eigenvalue weighted by atomic mass is 10.3. The van der Waals surface area contributed by atoms with Gasteiger partial charge in [0.1, 0.15) is 6.04 Å². The zero-order valence-electron chi connectivity index (χ0n) is 18.5. The maximum atomic E-state index is 12.6. The molecule has 2 aromatic rings. The van der Waals surface area contributed by atoms with Gasteiger partial charge in [-0.2, -0.15) is 9.03 Å². The first-order valence-corrected chi connectivity index (χ1v) is 13.1. The summed E-state index contributed by atoms with van der Waals surface area (Å²) in [6, 6.07) is 12.0. The Morgan fingerprint density at radius 2 is 1.55 bits per heavy atom. The fraction of sp³-hybridized carbons (Fsp3) is 0.333. The number of esters is 1. The summed E-state index contributed by atoms with van der Waals surface area (Å²) in [5.41, 5.74) is 0.210. The highest BCUT2D eigenvalue weighted by atomic mass is 32.2. The molecule has 0 aliphatic heterocycles. The maximum Gasteiger partial charge on any atom is 0.324 e. The van der Waals surface area contributed by atoms with Crippen LogP contribution in [0, 0.1) is 0 Å². The summed E-state index contributed by atoms with van der Waals surface area (Å²) >= 11 is 0. The number of carbonyl (C=O) groups is 2. The Bertz CT molecular complexity index is 1180. The van der Waals surface area contributed by atoms with Gasteiger partial charge in [0.25, 0.3) is 5.91 Å². The van der Waals surface area contributed by atoms with Gasteiger partial charge in [-0.15, -0.1) is 0 Å². The SMILES string of the molecule is CCN(CC)S(=O)(=O)c1cccc(NC(=O)COC(=O)C(C)NS(=O)(=O)c2ccccc2)c1. The third-order valence-electron chi connectivity index (χ3n) is 4.55. The Kier molecular flexibility index (Phi) is 9.11. The molecule has 1 unspecified atom stereocenters. The van der Waals surface area contributed by atoms with Crippen LogP contribution in [-0.2, 0) is 34.4 Å². The van der Waals surface area contributed by atoms with Crippen molar-refractivity contribution in [1.82, 2.24) is 9.03 Å². The van der Waals surface area contributed by atoms with Gasteiger partial charge < -0.3 is 10.1 Å². The number of benzene rings is 2. The van der Waals surface area contributed by atoms with E-state index in [1.165, 1.54) is 47.6 Å². The molecule has 0 radical (unpaired) electrons. The number of amides is 1. The highest BCUT2D eigenvalue weighted by molar-refractivity contribution is 7.89. The Morgan fingerprint density at radius 1 is 0.939 bits per heavy atom. The van der Waals surface area contributed by atoms with Gasteiger partial charge >= 0.3 is 5.97 Å². The molecule has 0 fully saturated rings. The summed E-state index contributed by atoms with van der Waals surface area (Å²) in [4.78, 5) is 24.3. The van der Waals surface area contributed by atoms with E-state index in [0.717, 1.165) is 0 Å². The molecule has 2 N–H and O–H groups in total. The van der Waals surface area contributed by atoms with Crippen LogP contribution in [0.1, 0.15) is 20.8 Å². The average Bonchev–Trinajstić information content (AvgIpc) is 2.78. The van der Waals surface area contributed by atoms with Crippen LogP contribution in [0.15, 0.2) is 64.4 Å². The van der Waals surface area contributed by atoms with Crippen LogP contribution in [0.4, 0.5) is 5.69 Å². The zero-order chi connectivity index (χ0) is 24.6. The van der Waals surface area contributed by atoms with Crippen molar-refractivity contribution in [1.29, 1.82) is 0 Å². The second kappa shape index (κ2) is 11.4. The Hall–Kier alpha value is -2.80. The average molecular weight is 498 g/mol. The second-order valence-corrected chi connectivity index (χ2v) is 10.6. The fourth-order valence-corrected chi connectivity index (χ4v) is 5.57. The minimum atomic E-state index is -3.93. The predicted molar refractivity (Wildman–Crippen MR) is 122 cm³/mol. The molecule has 10 nitrogen and oxygen atoms in total. The van der Waals surface area contributed by atoms with Gasteiger partial charge in [0.15, 0.2) is 6.61 Å². The quantitative estimate of drug-likeness (QED) is 0.449. The summed E-state index contributed by atoms with van der Waals surface area (Å²) in [5, 5.41) is 2.46. The Labute approximate surface area is 194 Å². The molecule has 0 saturated heterocycles. The van der Waals surface area contributed by atoms with E-state index in [-0.39, 0.29) is 15.5 Å². The molecule has 12 heteroatoms. The van der Waals surface area contributed by atoms with Gasteiger partial charge in [-0.3, -0.25) is 9.59 Å². The summed E-state index contributed by atoms with van der Waals surface area (Å²) in [6.45, 7) is 4.67. The number of hydrogen-bond donors (Lipinski definition) is 2. The van der Waals surface area contributed by atoms with Gasteiger partial charge in [-0.25, -0.2) is 16.8 Å². The maximum absolute atomic E-state index is 12.6. The monoisotopic (exact) mass is 497 g/mol. The van der Waals surface area contributed by atoms with Crippen LogP contribution < -0.4 is 10.0 Å². The lowest BCUT2D eigenvalue weighted by Crippen LogP contribution is -2.40. The molecule has 33 heavy (non-hydrogen) atoms. The molecule has 0 spiro atoms. The summed E-state index contributed by atoms with van der Waals surface area (Å²) in [6.07, 6.45) is 0. The lowest BCUT2D eigenvalue weighted by molar-refractivity contribution is -0.148. The van der Waals surface area contributed by atoms with Crippen molar-refractivity contribution in [3.05, 3.63) is 54.6 Å². The van der Waals surface area contributed by atoms with Crippen LogP contribution in [0.5, 0.6) is 0 Å². The smallest absolute Gasteiger partial charge is 0.324 e. The van der Waals surface area contributed by atoms with E-state index in [2.05, 4.69) is 10.0 Å². The first kappa shape index (κ1) is 26.5. The highest BCUT2D eigenvalue weighted by Crippen LogP contribution is 2.19. The van der Waals surface area contributed by atoms with E-state index >= 15 is 0 Å². The van der Waals surface area contributed by atoms with Crippen LogP contribution in [-0.4, -0.2) is 58.8 Å². The van der Waals surface area contributed by atoms with Crippen LogP contribution >= 0.6 is 0 Å². The van der Waals surface area contributed by atoms with E-state index in [9.17, 15) is 26.4 Å². The van der Waals surface area contributed by atoms with Gasteiger partial charge in [0, 0.05) is 18.8 Å². The van der Waals surface area contributed by atoms with Crippen molar-refractivity contribution in [3.63, 3.8) is 0 Å². The molecule has 2 aromatic carbocycles. The molecule has 0 saturated carbocycles. The van der Waals surface area contributed by atoms with Gasteiger partial charge in [-0.05, 0) is 37.3 Å². The summed E-state index contributed by atoms with van der Waals surface area (Å²) in [7, 11) is -7.64. The third kappa shape index (κ3) is 7.09. The number of rotatable bonds is 11. The first-order valence-electron chi connectivity index (χ1n) is 10.1. The zero-order valence-corrected chi connectivity index (χ0v) is 20.1. The third-order valence-corrected chi connectivity index (χ3v) is 8.15. The number of ether oxygens (including phenoxy) is 1. The molecular weight excluding hydrogens is 470 g/mol. The van der Waals surface area contributed by atoms with Crippen molar-refractivity contribution < 1.29 is 31.2 Å². The number of nitrogens with one attached hydrogen (secondary N) is 2. The second-order valence-electron chi connectivity index (χ2n) is 6.93.